The number of nitrogens with two attached hydrogens (primary N) is 1. The second-order valence-corrected chi connectivity index (χ2v) is 3.54. The topological polar surface area (TPSA) is 44.5 Å². The number of fused-ring (bicyclic) bond motifs is 1. The van der Waals surface area contributed by atoms with E-state index in [9.17, 15) is 0 Å². The molecule has 3 heteroatoms. The van der Waals surface area contributed by atoms with Gasteiger partial charge in [0.1, 0.15) is 11.5 Å². The van der Waals surface area contributed by atoms with E-state index in [1.54, 1.807) is 14.2 Å². The van der Waals surface area contributed by atoms with Crippen molar-refractivity contribution in [1.29, 1.82) is 0 Å². The van der Waals surface area contributed by atoms with E-state index in [0.29, 0.717) is 6.54 Å². The smallest absolute Gasteiger partial charge is 0.123 e. The van der Waals surface area contributed by atoms with E-state index in [4.69, 9.17) is 15.2 Å². The van der Waals surface area contributed by atoms with E-state index in [1.165, 1.54) is 0 Å². The van der Waals surface area contributed by atoms with Crippen molar-refractivity contribution in [2.45, 2.75) is 6.54 Å². The minimum Gasteiger partial charge on any atom is -0.497 e. The van der Waals surface area contributed by atoms with Crippen molar-refractivity contribution in [2.24, 2.45) is 5.73 Å². The van der Waals surface area contributed by atoms with Crippen molar-refractivity contribution in [2.75, 3.05) is 14.2 Å². The fourth-order valence-electron chi connectivity index (χ4n) is 1.87. The number of methoxy groups -OCH3 is 2. The number of benzene rings is 2. The largest absolute Gasteiger partial charge is 0.497 e. The average Bonchev–Trinajstić information content (AvgIpc) is 2.36. The summed E-state index contributed by atoms with van der Waals surface area (Å²) in [5, 5.41) is 2.23. The van der Waals surface area contributed by atoms with Gasteiger partial charge in [-0.3, -0.25) is 0 Å². The van der Waals surface area contributed by atoms with Gasteiger partial charge in [-0.25, -0.2) is 0 Å². The van der Waals surface area contributed by atoms with Crippen LogP contribution in [0.25, 0.3) is 10.8 Å². The zero-order valence-corrected chi connectivity index (χ0v) is 9.49. The molecule has 2 aromatic rings. The van der Waals surface area contributed by atoms with Crippen molar-refractivity contribution >= 4 is 10.8 Å². The summed E-state index contributed by atoms with van der Waals surface area (Å²) in [7, 11) is 3.31. The predicted molar refractivity (Wildman–Crippen MR) is 64.9 cm³/mol. The predicted octanol–water partition coefficient (Wildman–Crippen LogP) is 2.32. The monoisotopic (exact) mass is 217 g/mol. The molecule has 0 radical (unpaired) electrons. The van der Waals surface area contributed by atoms with Crippen LogP contribution in [0.3, 0.4) is 0 Å². The molecular formula is C13H15NO2. The molecule has 0 spiro atoms. The Morgan fingerprint density at radius 1 is 1.06 bits per heavy atom. The Balaban J connectivity index is 2.73. The van der Waals surface area contributed by atoms with Gasteiger partial charge in [-0.05, 0) is 29.0 Å². The highest BCUT2D eigenvalue weighted by Gasteiger charge is 2.07. The second-order valence-electron chi connectivity index (χ2n) is 3.54. The van der Waals surface area contributed by atoms with E-state index in [2.05, 4.69) is 0 Å². The van der Waals surface area contributed by atoms with Crippen LogP contribution in [0.4, 0.5) is 0 Å². The Hall–Kier alpha value is -1.74. The molecule has 0 amide bonds. The molecule has 0 bridgehead atoms. The summed E-state index contributed by atoms with van der Waals surface area (Å²) in [5.74, 6) is 1.65. The van der Waals surface area contributed by atoms with Crippen molar-refractivity contribution in [3.05, 3.63) is 35.9 Å². The highest BCUT2D eigenvalue weighted by molar-refractivity contribution is 5.89. The Morgan fingerprint density at radius 3 is 2.44 bits per heavy atom. The van der Waals surface area contributed by atoms with Crippen LogP contribution >= 0.6 is 0 Å². The average molecular weight is 217 g/mol. The van der Waals surface area contributed by atoms with E-state index in [1.807, 2.05) is 30.3 Å². The van der Waals surface area contributed by atoms with Gasteiger partial charge in [-0.15, -0.1) is 0 Å². The molecule has 0 heterocycles. The lowest BCUT2D eigenvalue weighted by Crippen LogP contribution is -2.01. The van der Waals surface area contributed by atoms with Crippen molar-refractivity contribution in [1.82, 2.24) is 0 Å². The van der Waals surface area contributed by atoms with E-state index >= 15 is 0 Å². The summed E-state index contributed by atoms with van der Waals surface area (Å²) in [4.78, 5) is 0. The molecule has 0 unspecified atom stereocenters. The third-order valence-corrected chi connectivity index (χ3v) is 2.72. The molecule has 2 N–H and O–H groups in total. The first kappa shape index (κ1) is 10.8. The van der Waals surface area contributed by atoms with Gasteiger partial charge in [0.05, 0.1) is 14.2 Å². The molecule has 0 saturated carbocycles. The Kier molecular flexibility index (Phi) is 2.97. The molecule has 3 nitrogen and oxygen atoms in total. The normalized spacial score (nSPS) is 10.4. The molecule has 2 rings (SSSR count). The molecule has 16 heavy (non-hydrogen) atoms. The van der Waals surface area contributed by atoms with Crippen LogP contribution in [0.5, 0.6) is 11.5 Å². The summed E-state index contributed by atoms with van der Waals surface area (Å²) in [6.45, 7) is 0.452. The van der Waals surface area contributed by atoms with Crippen LogP contribution < -0.4 is 15.2 Å². The van der Waals surface area contributed by atoms with Gasteiger partial charge >= 0.3 is 0 Å². The van der Waals surface area contributed by atoms with Crippen LogP contribution in [0.2, 0.25) is 0 Å². The maximum absolute atomic E-state index is 5.76. The van der Waals surface area contributed by atoms with Gasteiger partial charge in [0.2, 0.25) is 0 Å². The molecule has 0 saturated heterocycles. The lowest BCUT2D eigenvalue weighted by molar-refractivity contribution is 0.410. The SMILES string of the molecule is COc1ccc2ccc(OC)c(CN)c2c1. The quantitative estimate of drug-likeness (QED) is 0.858. The first-order valence-corrected chi connectivity index (χ1v) is 5.14. The molecule has 0 atom stereocenters. The molecular weight excluding hydrogens is 202 g/mol. The molecule has 0 aromatic heterocycles. The third kappa shape index (κ3) is 1.70. The summed E-state index contributed by atoms with van der Waals surface area (Å²) >= 11 is 0. The van der Waals surface area contributed by atoms with Crippen LogP contribution in [0.15, 0.2) is 30.3 Å². The minimum atomic E-state index is 0.452. The number of hydrogen-bond donors (Lipinski definition) is 1. The van der Waals surface area contributed by atoms with Crippen molar-refractivity contribution in [3.8, 4) is 11.5 Å². The summed E-state index contributed by atoms with van der Waals surface area (Å²) in [5.41, 5.74) is 6.78. The number of rotatable bonds is 3. The highest BCUT2D eigenvalue weighted by atomic mass is 16.5. The van der Waals surface area contributed by atoms with E-state index in [0.717, 1.165) is 27.8 Å². The van der Waals surface area contributed by atoms with Gasteiger partial charge in [-0.1, -0.05) is 12.1 Å². The summed E-state index contributed by atoms with van der Waals surface area (Å²) < 4.78 is 10.5. The first-order chi connectivity index (χ1) is 7.80. The van der Waals surface area contributed by atoms with E-state index < -0.39 is 0 Å². The molecule has 0 fully saturated rings. The summed E-state index contributed by atoms with van der Waals surface area (Å²) in [6, 6.07) is 9.91. The molecule has 0 aliphatic rings. The minimum absolute atomic E-state index is 0.452. The van der Waals surface area contributed by atoms with Crippen molar-refractivity contribution < 1.29 is 9.47 Å². The third-order valence-electron chi connectivity index (χ3n) is 2.72. The zero-order valence-electron chi connectivity index (χ0n) is 9.49. The van der Waals surface area contributed by atoms with Gasteiger partial charge in [0.25, 0.3) is 0 Å². The first-order valence-electron chi connectivity index (χ1n) is 5.14. The van der Waals surface area contributed by atoms with E-state index in [-0.39, 0.29) is 0 Å². The highest BCUT2D eigenvalue weighted by Crippen LogP contribution is 2.30. The summed E-state index contributed by atoms with van der Waals surface area (Å²) in [6.07, 6.45) is 0. The lowest BCUT2D eigenvalue weighted by Gasteiger charge is -2.11. The molecule has 0 aliphatic heterocycles. The Labute approximate surface area is 94.8 Å². The fraction of sp³-hybridized carbons (Fsp3) is 0.231. The molecule has 2 aromatic carbocycles. The standard InChI is InChI=1S/C13H15NO2/c1-15-10-5-3-9-4-6-13(16-2)12(8-14)11(9)7-10/h3-7H,8,14H2,1-2H3. The maximum atomic E-state index is 5.76. The van der Waals surface area contributed by atoms with Crippen LogP contribution in [0.1, 0.15) is 5.56 Å². The fourth-order valence-corrected chi connectivity index (χ4v) is 1.87. The van der Waals surface area contributed by atoms with Gasteiger partial charge in [-0.2, -0.15) is 0 Å². The number of hydrogen-bond acceptors (Lipinski definition) is 3. The van der Waals surface area contributed by atoms with Crippen LogP contribution in [-0.2, 0) is 6.54 Å². The molecule has 0 aliphatic carbocycles. The lowest BCUT2D eigenvalue weighted by atomic mass is 10.0. The zero-order chi connectivity index (χ0) is 11.5. The van der Waals surface area contributed by atoms with Crippen LogP contribution in [0, 0.1) is 0 Å². The van der Waals surface area contributed by atoms with Crippen molar-refractivity contribution in [3.63, 3.8) is 0 Å². The van der Waals surface area contributed by atoms with Gasteiger partial charge < -0.3 is 15.2 Å². The second kappa shape index (κ2) is 4.41. The Bertz CT molecular complexity index is 503. The number of ether oxygens (including phenoxy) is 2. The van der Waals surface area contributed by atoms with Gasteiger partial charge in [0, 0.05) is 12.1 Å². The van der Waals surface area contributed by atoms with Gasteiger partial charge in [0.15, 0.2) is 0 Å². The van der Waals surface area contributed by atoms with Crippen LogP contribution in [-0.4, -0.2) is 14.2 Å². The maximum Gasteiger partial charge on any atom is 0.123 e. The Morgan fingerprint density at radius 2 is 1.81 bits per heavy atom. The molecule has 84 valence electrons.